The highest BCUT2D eigenvalue weighted by molar-refractivity contribution is 7.89. The molecule has 230 valence electrons. The summed E-state index contributed by atoms with van der Waals surface area (Å²) in [6, 6.07) is 16.1. The number of aliphatic hydroxyl groups excluding tert-OH is 1. The first-order chi connectivity index (χ1) is 20.3. The zero-order chi connectivity index (χ0) is 29.5. The molecule has 1 N–H and O–H groups in total. The van der Waals surface area contributed by atoms with Crippen molar-refractivity contribution in [3.63, 3.8) is 0 Å². The average molecular weight is 603 g/mol. The lowest BCUT2D eigenvalue weighted by molar-refractivity contribution is -0.0907. The largest absolute Gasteiger partial charge is 0.497 e. The molecule has 4 atom stereocenters. The van der Waals surface area contributed by atoms with Gasteiger partial charge in [-0.15, -0.1) is 0 Å². The Morgan fingerprint density at radius 2 is 1.76 bits per heavy atom. The first-order valence-corrected chi connectivity index (χ1v) is 16.3. The van der Waals surface area contributed by atoms with E-state index in [0.29, 0.717) is 31.9 Å². The molecule has 10 nitrogen and oxygen atoms in total. The van der Waals surface area contributed by atoms with Gasteiger partial charge in [-0.25, -0.2) is 13.2 Å². The van der Waals surface area contributed by atoms with Crippen molar-refractivity contribution in [2.45, 2.75) is 61.9 Å². The van der Waals surface area contributed by atoms with E-state index >= 15 is 0 Å². The van der Waals surface area contributed by atoms with Crippen LogP contribution in [0.1, 0.15) is 37.7 Å². The molecule has 0 spiro atoms. The van der Waals surface area contributed by atoms with Gasteiger partial charge < -0.3 is 29.0 Å². The first-order valence-electron chi connectivity index (χ1n) is 14.9. The van der Waals surface area contributed by atoms with Gasteiger partial charge in [-0.2, -0.15) is 4.31 Å². The minimum Gasteiger partial charge on any atom is -0.497 e. The number of nitrogens with zero attached hydrogens (tertiary/aromatic N) is 2. The third kappa shape index (κ3) is 7.62. The molecule has 5 rings (SSSR count). The quantitative estimate of drug-likeness (QED) is 0.369. The number of hydrogen-bond donors (Lipinski definition) is 1. The molecular weight excluding hydrogens is 560 g/mol. The van der Waals surface area contributed by atoms with E-state index in [1.54, 1.807) is 12.1 Å². The highest BCUT2D eigenvalue weighted by Gasteiger charge is 2.44. The number of carbonyl (C=O) groups excluding carboxylic acids is 1. The molecule has 2 aliphatic heterocycles. The van der Waals surface area contributed by atoms with Gasteiger partial charge in [-0.1, -0.05) is 43.2 Å². The van der Waals surface area contributed by atoms with Crippen LogP contribution in [0.3, 0.4) is 0 Å². The summed E-state index contributed by atoms with van der Waals surface area (Å²) in [5, 5.41) is 11.3. The number of benzene rings is 2. The van der Waals surface area contributed by atoms with Crippen molar-refractivity contribution in [2.75, 3.05) is 46.5 Å². The molecule has 0 aromatic heterocycles. The standard InChI is InChI=1S/C31H42N2O8S/c1-38-26-11-13-27(14-12-26)42(36,37)33(19-24-9-5-6-10-24)21-25(34)20-32(17-15-23-7-3-2-4-8-23)31(35)41-29-22-40-30-28(29)16-18-39-30/h2-4,7-8,11-14,24-25,28-30,34H,5-6,9-10,15-22H2,1H3/t25-,28-,29?,30+/m0/s1. The molecule has 2 aromatic rings. The molecule has 2 saturated heterocycles. The van der Waals surface area contributed by atoms with E-state index in [0.717, 1.165) is 37.7 Å². The number of fused-ring (bicyclic) bond motifs is 1. The van der Waals surface area contributed by atoms with Crippen LogP contribution in [0.25, 0.3) is 0 Å². The van der Waals surface area contributed by atoms with Crippen LogP contribution >= 0.6 is 0 Å². The van der Waals surface area contributed by atoms with Gasteiger partial charge in [0.05, 0.1) is 43.8 Å². The van der Waals surface area contributed by atoms with Gasteiger partial charge in [0.15, 0.2) is 6.29 Å². The molecule has 1 unspecified atom stereocenters. The smallest absolute Gasteiger partial charge is 0.410 e. The molecule has 3 aliphatic rings. The van der Waals surface area contributed by atoms with Gasteiger partial charge in [-0.05, 0) is 61.4 Å². The zero-order valence-electron chi connectivity index (χ0n) is 24.2. The highest BCUT2D eigenvalue weighted by atomic mass is 32.2. The molecule has 3 fully saturated rings. The fourth-order valence-electron chi connectivity index (χ4n) is 6.11. The Hall–Kier alpha value is -2.70. The van der Waals surface area contributed by atoms with E-state index in [2.05, 4.69) is 0 Å². The SMILES string of the molecule is COc1ccc(S(=O)(=O)N(CC2CCCC2)C[C@@H](O)CN(CCc2ccccc2)C(=O)OC2CO[C@H]3OCC[C@@H]23)cc1. The summed E-state index contributed by atoms with van der Waals surface area (Å²) in [6.45, 7) is 1.27. The van der Waals surface area contributed by atoms with Crippen LogP contribution in [0.4, 0.5) is 4.79 Å². The normalized spacial score (nSPS) is 23.2. The lowest BCUT2D eigenvalue weighted by atomic mass is 10.0. The molecule has 1 aliphatic carbocycles. The van der Waals surface area contributed by atoms with Crippen LogP contribution in [0.2, 0.25) is 0 Å². The van der Waals surface area contributed by atoms with E-state index in [-0.39, 0.29) is 42.7 Å². The van der Waals surface area contributed by atoms with E-state index in [4.69, 9.17) is 18.9 Å². The predicted octanol–water partition coefficient (Wildman–Crippen LogP) is 3.68. The Bertz CT molecular complexity index is 1250. The number of sulfonamides is 1. The number of aliphatic hydroxyl groups is 1. The van der Waals surface area contributed by atoms with Crippen molar-refractivity contribution in [1.82, 2.24) is 9.21 Å². The average Bonchev–Trinajstić information content (AvgIpc) is 3.76. The van der Waals surface area contributed by atoms with Gasteiger partial charge in [0.25, 0.3) is 0 Å². The van der Waals surface area contributed by atoms with Crippen LogP contribution in [0.15, 0.2) is 59.5 Å². The number of rotatable bonds is 13. The second-order valence-corrected chi connectivity index (χ2v) is 13.4. The Kier molecular flexibility index (Phi) is 10.4. The number of ether oxygens (including phenoxy) is 4. The van der Waals surface area contributed by atoms with Crippen LogP contribution in [-0.4, -0.2) is 93.8 Å². The van der Waals surface area contributed by atoms with E-state index in [1.165, 1.54) is 28.4 Å². The molecular formula is C31H42N2O8S. The maximum absolute atomic E-state index is 13.8. The van der Waals surface area contributed by atoms with Crippen molar-refractivity contribution in [2.24, 2.45) is 11.8 Å². The number of hydrogen-bond acceptors (Lipinski definition) is 8. The monoisotopic (exact) mass is 602 g/mol. The fourth-order valence-corrected chi connectivity index (χ4v) is 7.67. The van der Waals surface area contributed by atoms with Crippen LogP contribution in [-0.2, 0) is 30.7 Å². The first kappa shape index (κ1) is 30.7. The van der Waals surface area contributed by atoms with Crippen molar-refractivity contribution in [3.05, 3.63) is 60.2 Å². The summed E-state index contributed by atoms with van der Waals surface area (Å²) in [4.78, 5) is 15.1. The van der Waals surface area contributed by atoms with Gasteiger partial charge in [0.2, 0.25) is 10.0 Å². The topological polar surface area (TPSA) is 115 Å². The van der Waals surface area contributed by atoms with Crippen molar-refractivity contribution >= 4 is 16.1 Å². The van der Waals surface area contributed by atoms with Crippen LogP contribution in [0, 0.1) is 11.8 Å². The third-order valence-corrected chi connectivity index (χ3v) is 10.3. The van der Waals surface area contributed by atoms with Crippen molar-refractivity contribution in [3.8, 4) is 5.75 Å². The summed E-state index contributed by atoms with van der Waals surface area (Å²) in [5.41, 5.74) is 1.04. The van der Waals surface area contributed by atoms with Gasteiger partial charge in [0, 0.05) is 19.6 Å². The number of carbonyl (C=O) groups is 1. The molecule has 0 radical (unpaired) electrons. The van der Waals surface area contributed by atoms with Crippen LogP contribution in [0.5, 0.6) is 5.75 Å². The van der Waals surface area contributed by atoms with Crippen molar-refractivity contribution < 1.29 is 37.3 Å². The second kappa shape index (κ2) is 14.2. The van der Waals surface area contributed by atoms with Gasteiger partial charge >= 0.3 is 6.09 Å². The summed E-state index contributed by atoms with van der Waals surface area (Å²) in [6.07, 6.45) is 2.93. The Morgan fingerprint density at radius 1 is 1.02 bits per heavy atom. The zero-order valence-corrected chi connectivity index (χ0v) is 25.0. The summed E-state index contributed by atoms with van der Waals surface area (Å²) in [5.74, 6) is 0.784. The molecule has 0 bridgehead atoms. The second-order valence-electron chi connectivity index (χ2n) is 11.4. The molecule has 42 heavy (non-hydrogen) atoms. The lowest BCUT2D eigenvalue weighted by Crippen LogP contribution is -2.47. The van der Waals surface area contributed by atoms with E-state index < -0.39 is 28.3 Å². The summed E-state index contributed by atoms with van der Waals surface area (Å²) < 4.78 is 51.2. The third-order valence-electron chi connectivity index (χ3n) is 8.49. The molecule has 1 saturated carbocycles. The van der Waals surface area contributed by atoms with Gasteiger partial charge in [-0.3, -0.25) is 0 Å². The molecule has 2 heterocycles. The lowest BCUT2D eigenvalue weighted by Gasteiger charge is -2.31. The van der Waals surface area contributed by atoms with Gasteiger partial charge in [0.1, 0.15) is 11.9 Å². The Balaban J connectivity index is 1.30. The maximum atomic E-state index is 13.8. The summed E-state index contributed by atoms with van der Waals surface area (Å²) >= 11 is 0. The maximum Gasteiger partial charge on any atom is 0.410 e. The Labute approximate surface area is 248 Å². The minimum atomic E-state index is -3.90. The van der Waals surface area contributed by atoms with Crippen LogP contribution < -0.4 is 4.74 Å². The molecule has 2 aromatic carbocycles. The predicted molar refractivity (Wildman–Crippen MR) is 156 cm³/mol. The highest BCUT2D eigenvalue weighted by Crippen LogP contribution is 2.33. The van der Waals surface area contributed by atoms with Crippen molar-refractivity contribution in [1.29, 1.82) is 0 Å². The molecule has 1 amide bonds. The Morgan fingerprint density at radius 3 is 2.48 bits per heavy atom. The summed E-state index contributed by atoms with van der Waals surface area (Å²) in [7, 11) is -2.37. The fraction of sp³-hybridized carbons (Fsp3) is 0.581. The van der Waals surface area contributed by atoms with E-state index in [9.17, 15) is 18.3 Å². The minimum absolute atomic E-state index is 0.00797. The molecule has 11 heteroatoms. The van der Waals surface area contributed by atoms with E-state index in [1.807, 2.05) is 30.3 Å². The number of methoxy groups -OCH3 is 1. The number of amides is 1.